The van der Waals surface area contributed by atoms with E-state index < -0.39 is 6.10 Å². The Morgan fingerprint density at radius 3 is 2.43 bits per heavy atom. The maximum Gasteiger partial charge on any atom is 0.164 e. The second-order valence-corrected chi connectivity index (χ2v) is 7.47. The molecule has 1 saturated carbocycles. The van der Waals surface area contributed by atoms with Gasteiger partial charge < -0.3 is 24.6 Å². The monoisotopic (exact) mass is 385 g/mol. The highest BCUT2D eigenvalue weighted by molar-refractivity contribution is 5.45. The van der Waals surface area contributed by atoms with Crippen LogP contribution in [0.5, 0.6) is 17.2 Å². The van der Waals surface area contributed by atoms with Gasteiger partial charge in [-0.3, -0.25) is 0 Å². The van der Waals surface area contributed by atoms with Gasteiger partial charge in [-0.2, -0.15) is 0 Å². The molecule has 2 aromatic carbocycles. The molecule has 152 valence electrons. The molecule has 28 heavy (non-hydrogen) atoms. The zero-order valence-corrected chi connectivity index (χ0v) is 16.8. The van der Waals surface area contributed by atoms with Gasteiger partial charge in [-0.25, -0.2) is 0 Å². The van der Waals surface area contributed by atoms with E-state index in [9.17, 15) is 5.11 Å². The summed E-state index contributed by atoms with van der Waals surface area (Å²) in [6.45, 7) is 1.57. The van der Waals surface area contributed by atoms with Gasteiger partial charge in [0, 0.05) is 24.6 Å². The molecule has 0 heterocycles. The third-order valence-corrected chi connectivity index (χ3v) is 5.59. The Bertz CT molecular complexity index is 729. The minimum absolute atomic E-state index is 0.182. The molecule has 5 nitrogen and oxygen atoms in total. The molecule has 3 rings (SSSR count). The number of hydrogen-bond donors (Lipinski definition) is 2. The Kier molecular flexibility index (Phi) is 7.18. The molecule has 0 amide bonds. The number of nitrogens with one attached hydrogen (secondary N) is 1. The van der Waals surface area contributed by atoms with Crippen molar-refractivity contribution in [3.05, 3.63) is 54.1 Å². The van der Waals surface area contributed by atoms with Crippen LogP contribution in [0.2, 0.25) is 0 Å². The topological polar surface area (TPSA) is 60.0 Å². The van der Waals surface area contributed by atoms with Crippen molar-refractivity contribution in [2.75, 3.05) is 33.9 Å². The molecule has 0 aliphatic heterocycles. The number of rotatable bonds is 10. The molecule has 1 aliphatic rings. The van der Waals surface area contributed by atoms with Crippen molar-refractivity contribution in [3.63, 3.8) is 0 Å². The van der Waals surface area contributed by atoms with Crippen LogP contribution in [0.25, 0.3) is 0 Å². The van der Waals surface area contributed by atoms with E-state index in [1.165, 1.54) is 31.2 Å². The third-order valence-electron chi connectivity index (χ3n) is 5.59. The molecule has 1 unspecified atom stereocenters. The van der Waals surface area contributed by atoms with Crippen LogP contribution in [0.4, 0.5) is 0 Å². The van der Waals surface area contributed by atoms with Crippen LogP contribution >= 0.6 is 0 Å². The fourth-order valence-corrected chi connectivity index (χ4v) is 4.03. The Balaban J connectivity index is 1.50. The lowest BCUT2D eigenvalue weighted by Crippen LogP contribution is -2.40. The van der Waals surface area contributed by atoms with Gasteiger partial charge >= 0.3 is 0 Å². The first-order valence-corrected chi connectivity index (χ1v) is 9.96. The van der Waals surface area contributed by atoms with Crippen molar-refractivity contribution in [1.29, 1.82) is 0 Å². The standard InChI is InChI=1S/C23H31NO4/c1-26-20-10-11-21(22(14-20)27-2)28-16-19(25)15-24-17-23(12-6-7-13-23)18-8-4-3-5-9-18/h3-5,8-11,14,19,24-25H,6-7,12-13,15-17H2,1-2H3. The number of benzene rings is 2. The quantitative estimate of drug-likeness (QED) is 0.655. The van der Waals surface area contributed by atoms with E-state index in [1.807, 2.05) is 6.07 Å². The summed E-state index contributed by atoms with van der Waals surface area (Å²) in [7, 11) is 3.20. The maximum atomic E-state index is 10.4. The average Bonchev–Trinajstić information content (AvgIpc) is 3.23. The predicted octanol–water partition coefficient (Wildman–Crippen LogP) is 3.55. The maximum absolute atomic E-state index is 10.4. The SMILES string of the molecule is COc1ccc(OCC(O)CNCC2(c3ccccc3)CCCC2)c(OC)c1. The summed E-state index contributed by atoms with van der Waals surface area (Å²) < 4.78 is 16.3. The summed E-state index contributed by atoms with van der Waals surface area (Å²) in [6, 6.07) is 16.1. The van der Waals surface area contributed by atoms with E-state index in [0.29, 0.717) is 23.8 Å². The third kappa shape index (κ3) is 4.97. The highest BCUT2D eigenvalue weighted by Gasteiger charge is 2.35. The minimum Gasteiger partial charge on any atom is -0.497 e. The lowest BCUT2D eigenvalue weighted by molar-refractivity contribution is 0.103. The summed E-state index contributed by atoms with van der Waals surface area (Å²) in [5.41, 5.74) is 1.58. The Morgan fingerprint density at radius 1 is 1.00 bits per heavy atom. The van der Waals surface area contributed by atoms with Crippen LogP contribution in [0.15, 0.2) is 48.5 Å². The first kappa shape index (κ1) is 20.5. The van der Waals surface area contributed by atoms with Gasteiger partial charge in [-0.05, 0) is 30.5 Å². The Hall–Kier alpha value is -2.24. The molecule has 1 aliphatic carbocycles. The van der Waals surface area contributed by atoms with Gasteiger partial charge in [0.1, 0.15) is 18.5 Å². The lowest BCUT2D eigenvalue weighted by atomic mass is 9.79. The van der Waals surface area contributed by atoms with Crippen LogP contribution in [0, 0.1) is 0 Å². The van der Waals surface area contributed by atoms with Crippen LogP contribution in [-0.4, -0.2) is 45.1 Å². The van der Waals surface area contributed by atoms with Crippen LogP contribution in [0.3, 0.4) is 0 Å². The first-order valence-electron chi connectivity index (χ1n) is 9.96. The molecule has 2 N–H and O–H groups in total. The zero-order valence-electron chi connectivity index (χ0n) is 16.8. The number of aliphatic hydroxyl groups excluding tert-OH is 1. The number of aliphatic hydroxyl groups is 1. The van der Waals surface area contributed by atoms with E-state index in [-0.39, 0.29) is 12.0 Å². The number of hydrogen-bond acceptors (Lipinski definition) is 5. The lowest BCUT2D eigenvalue weighted by Gasteiger charge is -2.30. The van der Waals surface area contributed by atoms with Crippen molar-refractivity contribution >= 4 is 0 Å². The average molecular weight is 386 g/mol. The van der Waals surface area contributed by atoms with Gasteiger partial charge in [0.25, 0.3) is 0 Å². The van der Waals surface area contributed by atoms with Crippen molar-refractivity contribution in [2.24, 2.45) is 0 Å². The molecular weight excluding hydrogens is 354 g/mol. The van der Waals surface area contributed by atoms with Crippen molar-refractivity contribution < 1.29 is 19.3 Å². The van der Waals surface area contributed by atoms with Crippen LogP contribution < -0.4 is 19.5 Å². The molecule has 1 fully saturated rings. The summed E-state index contributed by atoms with van der Waals surface area (Å²) in [4.78, 5) is 0. The second-order valence-electron chi connectivity index (χ2n) is 7.47. The summed E-state index contributed by atoms with van der Waals surface area (Å²) >= 11 is 0. The normalized spacial score (nSPS) is 16.5. The Labute approximate surface area is 167 Å². The van der Waals surface area contributed by atoms with E-state index in [0.717, 1.165) is 6.54 Å². The molecule has 0 spiro atoms. The number of ether oxygens (including phenoxy) is 3. The molecule has 0 bridgehead atoms. The molecule has 0 aromatic heterocycles. The van der Waals surface area contributed by atoms with Crippen molar-refractivity contribution in [3.8, 4) is 17.2 Å². The van der Waals surface area contributed by atoms with Gasteiger partial charge in [0.05, 0.1) is 14.2 Å². The number of methoxy groups -OCH3 is 2. The van der Waals surface area contributed by atoms with Gasteiger partial charge in [0.15, 0.2) is 11.5 Å². The van der Waals surface area contributed by atoms with Crippen molar-refractivity contribution in [1.82, 2.24) is 5.32 Å². The molecular formula is C23H31NO4. The minimum atomic E-state index is -0.596. The first-order chi connectivity index (χ1) is 13.7. The van der Waals surface area contributed by atoms with Crippen LogP contribution in [-0.2, 0) is 5.41 Å². The fourth-order valence-electron chi connectivity index (χ4n) is 4.03. The van der Waals surface area contributed by atoms with E-state index >= 15 is 0 Å². The van der Waals surface area contributed by atoms with Crippen LogP contribution in [0.1, 0.15) is 31.2 Å². The molecule has 1 atom stereocenters. The predicted molar refractivity (Wildman–Crippen MR) is 111 cm³/mol. The molecule has 5 heteroatoms. The highest BCUT2D eigenvalue weighted by atomic mass is 16.5. The fraction of sp³-hybridized carbons (Fsp3) is 0.478. The van der Waals surface area contributed by atoms with Crippen molar-refractivity contribution in [2.45, 2.75) is 37.2 Å². The summed E-state index contributed by atoms with van der Waals surface area (Å²) in [5, 5.41) is 13.8. The Morgan fingerprint density at radius 2 is 1.75 bits per heavy atom. The smallest absolute Gasteiger partial charge is 0.164 e. The molecule has 0 radical (unpaired) electrons. The van der Waals surface area contributed by atoms with E-state index in [4.69, 9.17) is 14.2 Å². The largest absolute Gasteiger partial charge is 0.497 e. The zero-order chi connectivity index (χ0) is 19.8. The highest BCUT2D eigenvalue weighted by Crippen LogP contribution is 2.40. The summed E-state index contributed by atoms with van der Waals surface area (Å²) in [5.74, 6) is 1.89. The molecule has 2 aromatic rings. The molecule has 0 saturated heterocycles. The second kappa shape index (κ2) is 9.80. The van der Waals surface area contributed by atoms with Gasteiger partial charge in [0.2, 0.25) is 0 Å². The summed E-state index contributed by atoms with van der Waals surface area (Å²) in [6.07, 6.45) is 4.32. The van der Waals surface area contributed by atoms with E-state index in [2.05, 4.69) is 35.6 Å². The van der Waals surface area contributed by atoms with Gasteiger partial charge in [-0.15, -0.1) is 0 Å². The van der Waals surface area contributed by atoms with Gasteiger partial charge in [-0.1, -0.05) is 43.2 Å². The van der Waals surface area contributed by atoms with E-state index in [1.54, 1.807) is 26.4 Å².